The third-order valence-corrected chi connectivity index (χ3v) is 3.17. The molecule has 0 aliphatic rings. The Labute approximate surface area is 123 Å². The van der Waals surface area contributed by atoms with Gasteiger partial charge in [0.1, 0.15) is 5.82 Å². The van der Waals surface area contributed by atoms with E-state index in [4.69, 9.17) is 16.3 Å². The largest absolute Gasteiger partial charge is 0.480 e. The lowest BCUT2D eigenvalue weighted by atomic mass is 10.2. The summed E-state index contributed by atoms with van der Waals surface area (Å²) in [5.41, 5.74) is 0.830. The lowest BCUT2D eigenvalue weighted by molar-refractivity contribution is 0.394. The smallest absolute Gasteiger partial charge is 0.232 e. The minimum absolute atomic E-state index is 0.0913. The molecule has 0 fully saturated rings. The lowest BCUT2D eigenvalue weighted by Gasteiger charge is -2.07. The number of methoxy groups -OCH3 is 1. The van der Waals surface area contributed by atoms with Crippen molar-refractivity contribution in [3.63, 3.8) is 0 Å². The first kappa shape index (κ1) is 14.0. The van der Waals surface area contributed by atoms with E-state index < -0.39 is 5.82 Å². The lowest BCUT2D eigenvalue weighted by Crippen LogP contribution is -2.04. The van der Waals surface area contributed by atoms with Gasteiger partial charge in [0.05, 0.1) is 22.8 Å². The fourth-order valence-corrected chi connectivity index (χ4v) is 1.97. The number of hydrogen-bond donors (Lipinski definition) is 1. The molecular weight excluding hydrogens is 337 g/mol. The van der Waals surface area contributed by atoms with E-state index in [1.807, 2.05) is 0 Å². The van der Waals surface area contributed by atoms with Crippen LogP contribution in [0.25, 0.3) is 0 Å². The number of ether oxygens (including phenoxy) is 1. The van der Waals surface area contributed by atoms with Gasteiger partial charge in [-0.05, 0) is 33.6 Å². The highest BCUT2D eigenvalue weighted by Crippen LogP contribution is 2.22. The Morgan fingerprint density at radius 2 is 2.26 bits per heavy atom. The van der Waals surface area contributed by atoms with Gasteiger partial charge in [0.25, 0.3) is 0 Å². The first-order chi connectivity index (χ1) is 9.10. The van der Waals surface area contributed by atoms with E-state index in [2.05, 4.69) is 31.2 Å². The third kappa shape index (κ3) is 3.54. The third-order valence-electron chi connectivity index (χ3n) is 2.34. The van der Waals surface area contributed by atoms with Crippen LogP contribution in [0.4, 0.5) is 10.3 Å². The van der Waals surface area contributed by atoms with Crippen molar-refractivity contribution in [3.8, 4) is 5.88 Å². The van der Waals surface area contributed by atoms with Crippen molar-refractivity contribution in [2.75, 3.05) is 12.4 Å². The summed E-state index contributed by atoms with van der Waals surface area (Å²) in [5.74, 6) is 0.419. The van der Waals surface area contributed by atoms with Crippen LogP contribution in [0, 0.1) is 5.82 Å². The zero-order chi connectivity index (χ0) is 13.8. The summed E-state index contributed by atoms with van der Waals surface area (Å²) in [4.78, 5) is 8.23. The Kier molecular flexibility index (Phi) is 4.55. The molecule has 0 atom stereocenters. The summed E-state index contributed by atoms with van der Waals surface area (Å²) in [5, 5.41) is 3.10. The highest BCUT2D eigenvalue weighted by Gasteiger charge is 2.05. The van der Waals surface area contributed by atoms with Crippen LogP contribution in [0.3, 0.4) is 0 Å². The van der Waals surface area contributed by atoms with Crippen molar-refractivity contribution in [2.45, 2.75) is 6.54 Å². The van der Waals surface area contributed by atoms with Gasteiger partial charge in [0.2, 0.25) is 11.8 Å². The van der Waals surface area contributed by atoms with Crippen LogP contribution in [0.5, 0.6) is 5.88 Å². The molecule has 1 heterocycles. The van der Waals surface area contributed by atoms with Crippen LogP contribution in [-0.2, 0) is 6.54 Å². The number of hydrogen-bond acceptors (Lipinski definition) is 4. The van der Waals surface area contributed by atoms with E-state index in [9.17, 15) is 4.39 Å². The number of rotatable bonds is 4. The number of aromatic nitrogens is 2. The van der Waals surface area contributed by atoms with Gasteiger partial charge in [-0.15, -0.1) is 0 Å². The van der Waals surface area contributed by atoms with Crippen molar-refractivity contribution >= 4 is 33.5 Å². The van der Waals surface area contributed by atoms with Gasteiger partial charge < -0.3 is 10.1 Å². The molecule has 2 aromatic rings. The Hall–Kier alpha value is -1.40. The monoisotopic (exact) mass is 345 g/mol. The SMILES string of the molecule is COc1nc(NCc2ccc(F)c(Cl)c2)ncc1Br. The highest BCUT2D eigenvalue weighted by atomic mass is 79.9. The molecule has 100 valence electrons. The fraction of sp³-hybridized carbons (Fsp3) is 0.167. The maximum Gasteiger partial charge on any atom is 0.232 e. The molecule has 0 saturated heterocycles. The molecule has 7 heteroatoms. The van der Waals surface area contributed by atoms with Gasteiger partial charge in [-0.2, -0.15) is 4.98 Å². The standard InChI is InChI=1S/C12H10BrClFN3O/c1-19-11-8(13)6-17-12(18-11)16-5-7-2-3-10(15)9(14)4-7/h2-4,6H,5H2,1H3,(H,16,17,18). The Morgan fingerprint density at radius 1 is 1.47 bits per heavy atom. The van der Waals surface area contributed by atoms with Gasteiger partial charge in [0.15, 0.2) is 0 Å². The molecule has 0 aliphatic carbocycles. The molecule has 0 amide bonds. The Morgan fingerprint density at radius 3 is 2.95 bits per heavy atom. The van der Waals surface area contributed by atoms with Crippen molar-refractivity contribution in [1.29, 1.82) is 0 Å². The van der Waals surface area contributed by atoms with Gasteiger partial charge in [0, 0.05) is 6.54 Å². The summed E-state index contributed by atoms with van der Waals surface area (Å²) < 4.78 is 18.7. The molecule has 4 nitrogen and oxygen atoms in total. The quantitative estimate of drug-likeness (QED) is 0.918. The van der Waals surface area contributed by atoms with Crippen molar-refractivity contribution < 1.29 is 9.13 Å². The minimum atomic E-state index is -0.438. The molecule has 0 bridgehead atoms. The van der Waals surface area contributed by atoms with E-state index in [1.165, 1.54) is 13.2 Å². The number of nitrogens with one attached hydrogen (secondary N) is 1. The molecule has 1 aromatic heterocycles. The maximum atomic E-state index is 13.0. The summed E-state index contributed by atoms with van der Waals surface area (Å²) in [6.07, 6.45) is 1.59. The second-order valence-corrected chi connectivity index (χ2v) is 4.91. The number of halogens is 3. The van der Waals surface area contributed by atoms with Crippen molar-refractivity contribution in [3.05, 3.63) is 45.3 Å². The van der Waals surface area contributed by atoms with Gasteiger partial charge >= 0.3 is 0 Å². The van der Waals surface area contributed by atoms with Crippen molar-refractivity contribution in [2.24, 2.45) is 0 Å². The maximum absolute atomic E-state index is 13.0. The summed E-state index contributed by atoms with van der Waals surface area (Å²) >= 11 is 8.97. The van der Waals surface area contributed by atoms with Crippen molar-refractivity contribution in [1.82, 2.24) is 9.97 Å². The molecule has 1 N–H and O–H groups in total. The fourth-order valence-electron chi connectivity index (χ4n) is 1.41. The number of nitrogens with zero attached hydrogens (tertiary/aromatic N) is 2. The molecule has 0 saturated carbocycles. The van der Waals surface area contributed by atoms with E-state index in [1.54, 1.807) is 18.3 Å². The molecule has 19 heavy (non-hydrogen) atoms. The van der Waals surface area contributed by atoms with Crippen LogP contribution in [0.1, 0.15) is 5.56 Å². The van der Waals surface area contributed by atoms with E-state index >= 15 is 0 Å². The van der Waals surface area contributed by atoms with Crippen LogP contribution in [0.15, 0.2) is 28.9 Å². The molecule has 0 unspecified atom stereocenters. The van der Waals surface area contributed by atoms with Gasteiger partial charge in [-0.25, -0.2) is 9.37 Å². The highest BCUT2D eigenvalue weighted by molar-refractivity contribution is 9.10. The summed E-state index contributed by atoms with van der Waals surface area (Å²) in [7, 11) is 1.52. The normalized spacial score (nSPS) is 10.3. The van der Waals surface area contributed by atoms with E-state index in [0.717, 1.165) is 5.56 Å². The molecule has 1 aromatic carbocycles. The first-order valence-corrected chi connectivity index (χ1v) is 6.51. The average Bonchev–Trinajstić information content (AvgIpc) is 2.41. The second kappa shape index (κ2) is 6.16. The summed E-state index contributed by atoms with van der Waals surface area (Å²) in [6, 6.07) is 4.52. The Bertz CT molecular complexity index is 597. The minimum Gasteiger partial charge on any atom is -0.480 e. The van der Waals surface area contributed by atoms with E-state index in [0.29, 0.717) is 22.8 Å². The predicted octanol–water partition coefficient (Wildman–Crippen LogP) is 3.65. The molecule has 2 rings (SSSR count). The van der Waals surface area contributed by atoms with Gasteiger partial charge in [-0.1, -0.05) is 17.7 Å². The zero-order valence-corrected chi connectivity index (χ0v) is 12.3. The molecule has 0 radical (unpaired) electrons. The van der Waals surface area contributed by atoms with Crippen LogP contribution in [0.2, 0.25) is 5.02 Å². The van der Waals surface area contributed by atoms with Crippen LogP contribution >= 0.6 is 27.5 Å². The van der Waals surface area contributed by atoms with Crippen LogP contribution < -0.4 is 10.1 Å². The summed E-state index contributed by atoms with van der Waals surface area (Å²) in [6.45, 7) is 0.435. The van der Waals surface area contributed by atoms with E-state index in [-0.39, 0.29) is 5.02 Å². The topological polar surface area (TPSA) is 47.0 Å². The molecule has 0 spiro atoms. The zero-order valence-electron chi connectivity index (χ0n) is 9.95. The number of anilines is 1. The molecule has 0 aliphatic heterocycles. The molecular formula is C12H10BrClFN3O. The van der Waals surface area contributed by atoms with Crippen LogP contribution in [-0.4, -0.2) is 17.1 Å². The van der Waals surface area contributed by atoms with Gasteiger partial charge in [-0.3, -0.25) is 0 Å². The first-order valence-electron chi connectivity index (χ1n) is 5.34. The Balaban J connectivity index is 2.07. The number of benzene rings is 1. The average molecular weight is 347 g/mol. The predicted molar refractivity (Wildman–Crippen MR) is 75.0 cm³/mol. The second-order valence-electron chi connectivity index (χ2n) is 3.65.